The molecule has 4 rings (SSSR count). The van der Waals surface area contributed by atoms with Gasteiger partial charge in [-0.25, -0.2) is 9.29 Å². The molecule has 0 atom stereocenters. The summed E-state index contributed by atoms with van der Waals surface area (Å²) in [4.78, 5) is 38.9. The maximum atomic E-state index is 13.0. The molecule has 0 saturated carbocycles. The number of rotatable bonds is 5. The van der Waals surface area contributed by atoms with Crippen molar-refractivity contribution in [1.82, 2.24) is 0 Å². The van der Waals surface area contributed by atoms with E-state index in [9.17, 15) is 18.8 Å². The van der Waals surface area contributed by atoms with Crippen LogP contribution in [0.3, 0.4) is 0 Å². The summed E-state index contributed by atoms with van der Waals surface area (Å²) < 4.78 is 13.0. The van der Waals surface area contributed by atoms with Gasteiger partial charge in [0.2, 0.25) is 0 Å². The summed E-state index contributed by atoms with van der Waals surface area (Å²) in [6.07, 6.45) is 0. The van der Waals surface area contributed by atoms with E-state index in [-0.39, 0.29) is 16.3 Å². The van der Waals surface area contributed by atoms with Crippen LogP contribution in [0.5, 0.6) is 0 Å². The van der Waals surface area contributed by atoms with Crippen LogP contribution >= 0.6 is 23.2 Å². The van der Waals surface area contributed by atoms with Gasteiger partial charge in [-0.1, -0.05) is 29.3 Å². The van der Waals surface area contributed by atoms with Crippen molar-refractivity contribution in [1.29, 1.82) is 0 Å². The molecule has 160 valence electrons. The number of nitrogens with one attached hydrogen (secondary N) is 2. The average Bonchev–Trinajstić information content (AvgIpc) is 2.99. The normalized spacial score (nSPS) is 13.5. The molecule has 1 heterocycles. The van der Waals surface area contributed by atoms with Gasteiger partial charge in [-0.15, -0.1) is 0 Å². The lowest BCUT2D eigenvalue weighted by Crippen LogP contribution is -2.32. The molecule has 0 bridgehead atoms. The first-order valence-electron chi connectivity index (χ1n) is 9.31. The zero-order chi connectivity index (χ0) is 22.8. The van der Waals surface area contributed by atoms with Crippen LogP contribution in [0.2, 0.25) is 5.02 Å². The number of anilines is 3. The Balaban J connectivity index is 1.53. The SMILES string of the molecule is O=C(Nc1ccc(F)cc1)c1cccc(NC2=C(Cl)C(=O)N(c3ccc(Cl)cc3)C2=O)c1. The van der Waals surface area contributed by atoms with Crippen molar-refractivity contribution in [3.63, 3.8) is 0 Å². The number of benzene rings is 3. The molecule has 0 unspecified atom stereocenters. The molecule has 3 amide bonds. The van der Waals surface area contributed by atoms with Gasteiger partial charge in [0.15, 0.2) is 0 Å². The zero-order valence-electron chi connectivity index (χ0n) is 16.2. The molecular weight excluding hydrogens is 456 g/mol. The summed E-state index contributed by atoms with van der Waals surface area (Å²) in [5, 5.41) is 5.67. The molecule has 0 radical (unpaired) electrons. The van der Waals surface area contributed by atoms with Crippen LogP contribution in [0.4, 0.5) is 21.5 Å². The fourth-order valence-electron chi connectivity index (χ4n) is 3.06. The number of nitrogens with zero attached hydrogens (tertiary/aromatic N) is 1. The van der Waals surface area contributed by atoms with Crippen molar-refractivity contribution in [2.24, 2.45) is 0 Å². The zero-order valence-corrected chi connectivity index (χ0v) is 17.7. The van der Waals surface area contributed by atoms with Crippen molar-refractivity contribution >= 4 is 58.0 Å². The molecule has 6 nitrogen and oxygen atoms in total. The Morgan fingerprint density at radius 2 is 1.53 bits per heavy atom. The summed E-state index contributed by atoms with van der Waals surface area (Å²) >= 11 is 12.0. The lowest BCUT2D eigenvalue weighted by atomic mass is 10.1. The highest BCUT2D eigenvalue weighted by molar-refractivity contribution is 6.53. The molecule has 1 aliphatic heterocycles. The third-order valence-electron chi connectivity index (χ3n) is 4.61. The Kier molecular flexibility index (Phi) is 5.94. The first kappa shape index (κ1) is 21.5. The molecule has 0 saturated heterocycles. The highest BCUT2D eigenvalue weighted by Crippen LogP contribution is 2.31. The Hall–Kier alpha value is -3.68. The molecule has 3 aromatic carbocycles. The molecule has 3 aromatic rings. The molecule has 2 N–H and O–H groups in total. The fraction of sp³-hybridized carbons (Fsp3) is 0. The molecule has 0 aromatic heterocycles. The molecule has 0 spiro atoms. The van der Waals surface area contributed by atoms with Gasteiger partial charge in [0.25, 0.3) is 17.7 Å². The van der Waals surface area contributed by atoms with Crippen LogP contribution < -0.4 is 15.5 Å². The van der Waals surface area contributed by atoms with E-state index in [4.69, 9.17) is 23.2 Å². The molecular formula is C23H14Cl2FN3O3. The van der Waals surface area contributed by atoms with Crippen LogP contribution in [0, 0.1) is 5.82 Å². The summed E-state index contributed by atoms with van der Waals surface area (Å²) in [6, 6.07) is 17.8. The number of halogens is 3. The van der Waals surface area contributed by atoms with Crippen molar-refractivity contribution in [3.8, 4) is 0 Å². The van der Waals surface area contributed by atoms with E-state index in [0.717, 1.165) is 4.90 Å². The quantitative estimate of drug-likeness (QED) is 0.505. The van der Waals surface area contributed by atoms with E-state index in [2.05, 4.69) is 10.6 Å². The number of amides is 3. The largest absolute Gasteiger partial charge is 0.350 e. The summed E-state index contributed by atoms with van der Waals surface area (Å²) in [5.41, 5.74) is 1.30. The number of hydrogen-bond acceptors (Lipinski definition) is 4. The second kappa shape index (κ2) is 8.82. The van der Waals surface area contributed by atoms with Crippen molar-refractivity contribution in [2.75, 3.05) is 15.5 Å². The van der Waals surface area contributed by atoms with Gasteiger partial charge in [-0.05, 0) is 66.7 Å². The second-order valence-corrected chi connectivity index (χ2v) is 7.59. The van der Waals surface area contributed by atoms with E-state index in [1.807, 2.05) is 0 Å². The standard InChI is InChI=1S/C23H14Cl2FN3O3/c24-14-4-10-18(11-5-14)29-22(31)19(25)20(23(29)32)27-17-3-1-2-13(12-17)21(30)28-16-8-6-15(26)7-9-16/h1-12,27H,(H,28,30). The van der Waals surface area contributed by atoms with Gasteiger partial charge in [0.1, 0.15) is 16.5 Å². The van der Waals surface area contributed by atoms with Crippen molar-refractivity contribution < 1.29 is 18.8 Å². The summed E-state index contributed by atoms with van der Waals surface area (Å²) in [6.45, 7) is 0. The third kappa shape index (κ3) is 4.34. The van der Waals surface area contributed by atoms with E-state index in [1.165, 1.54) is 42.5 Å². The predicted molar refractivity (Wildman–Crippen MR) is 121 cm³/mol. The molecule has 9 heteroatoms. The van der Waals surface area contributed by atoms with Crippen LogP contribution in [-0.2, 0) is 9.59 Å². The smallest absolute Gasteiger partial charge is 0.283 e. The maximum Gasteiger partial charge on any atom is 0.283 e. The van der Waals surface area contributed by atoms with Gasteiger partial charge < -0.3 is 10.6 Å². The van der Waals surface area contributed by atoms with Crippen LogP contribution in [-0.4, -0.2) is 17.7 Å². The Morgan fingerprint density at radius 3 is 2.22 bits per heavy atom. The van der Waals surface area contributed by atoms with Crippen LogP contribution in [0.15, 0.2) is 83.5 Å². The first-order valence-corrected chi connectivity index (χ1v) is 10.1. The first-order chi connectivity index (χ1) is 15.3. The minimum Gasteiger partial charge on any atom is -0.350 e. The third-order valence-corrected chi connectivity index (χ3v) is 5.21. The van der Waals surface area contributed by atoms with Crippen LogP contribution in [0.1, 0.15) is 10.4 Å². The Labute approximate surface area is 192 Å². The number of imide groups is 1. The predicted octanol–water partition coefficient (Wildman–Crippen LogP) is 5.17. The molecule has 0 aliphatic carbocycles. The number of carbonyl (C=O) groups excluding carboxylic acids is 3. The van der Waals surface area contributed by atoms with Gasteiger partial charge in [-0.3, -0.25) is 14.4 Å². The van der Waals surface area contributed by atoms with Gasteiger partial charge in [0, 0.05) is 22.0 Å². The van der Waals surface area contributed by atoms with E-state index in [1.54, 1.807) is 30.3 Å². The minimum absolute atomic E-state index is 0.109. The topological polar surface area (TPSA) is 78.5 Å². The molecule has 0 fully saturated rings. The minimum atomic E-state index is -0.674. The highest BCUT2D eigenvalue weighted by Gasteiger charge is 2.38. The number of carbonyl (C=O) groups is 3. The molecule has 1 aliphatic rings. The summed E-state index contributed by atoms with van der Waals surface area (Å²) in [5.74, 6) is -2.16. The monoisotopic (exact) mass is 469 g/mol. The lowest BCUT2D eigenvalue weighted by molar-refractivity contribution is -0.120. The average molecular weight is 470 g/mol. The Bertz CT molecular complexity index is 1260. The highest BCUT2D eigenvalue weighted by atomic mass is 35.5. The Morgan fingerprint density at radius 1 is 0.844 bits per heavy atom. The van der Waals surface area contributed by atoms with Gasteiger partial charge in [0.05, 0.1) is 5.69 Å². The van der Waals surface area contributed by atoms with Crippen LogP contribution in [0.25, 0.3) is 0 Å². The van der Waals surface area contributed by atoms with Crippen molar-refractivity contribution in [3.05, 3.63) is 99.9 Å². The van der Waals surface area contributed by atoms with Crippen molar-refractivity contribution in [2.45, 2.75) is 0 Å². The molecule has 32 heavy (non-hydrogen) atoms. The fourth-order valence-corrected chi connectivity index (χ4v) is 3.39. The number of hydrogen-bond donors (Lipinski definition) is 2. The van der Waals surface area contributed by atoms with E-state index < -0.39 is 23.5 Å². The maximum absolute atomic E-state index is 13.0. The van der Waals surface area contributed by atoms with Gasteiger partial charge >= 0.3 is 0 Å². The van der Waals surface area contributed by atoms with E-state index in [0.29, 0.717) is 22.1 Å². The van der Waals surface area contributed by atoms with E-state index >= 15 is 0 Å². The van der Waals surface area contributed by atoms with Gasteiger partial charge in [-0.2, -0.15) is 0 Å². The second-order valence-electron chi connectivity index (χ2n) is 6.78. The summed E-state index contributed by atoms with van der Waals surface area (Å²) in [7, 11) is 0. The lowest BCUT2D eigenvalue weighted by Gasteiger charge is -2.15.